The van der Waals surface area contributed by atoms with Gasteiger partial charge < -0.3 is 14.8 Å². The summed E-state index contributed by atoms with van der Waals surface area (Å²) < 4.78 is 10.8. The molecule has 0 atom stereocenters. The molecule has 0 fully saturated rings. The van der Waals surface area contributed by atoms with Gasteiger partial charge in [-0.2, -0.15) is 0 Å². The molecule has 0 aliphatic rings. The molecule has 20 heavy (non-hydrogen) atoms. The van der Waals surface area contributed by atoms with Gasteiger partial charge in [-0.05, 0) is 36.8 Å². The summed E-state index contributed by atoms with van der Waals surface area (Å²) in [5.74, 6) is 1.49. The largest absolute Gasteiger partial charge is 0.493 e. The Morgan fingerprint density at radius 2 is 1.80 bits per heavy atom. The summed E-state index contributed by atoms with van der Waals surface area (Å²) in [6.07, 6.45) is 0. The Morgan fingerprint density at radius 3 is 2.45 bits per heavy atom. The van der Waals surface area contributed by atoms with Gasteiger partial charge in [-0.25, -0.2) is 0 Å². The number of nitrogens with one attached hydrogen (secondary N) is 1. The van der Waals surface area contributed by atoms with Gasteiger partial charge in [0.05, 0.1) is 13.7 Å². The summed E-state index contributed by atoms with van der Waals surface area (Å²) in [5, 5.41) is 4.09. The van der Waals surface area contributed by atoms with Crippen molar-refractivity contribution in [3.63, 3.8) is 0 Å². The highest BCUT2D eigenvalue weighted by Crippen LogP contribution is 2.30. The lowest BCUT2D eigenvalue weighted by Crippen LogP contribution is -2.01. The third-order valence-electron chi connectivity index (χ3n) is 2.87. The summed E-state index contributed by atoms with van der Waals surface area (Å²) >= 11 is 5.86. The second-order valence-corrected chi connectivity index (χ2v) is 4.72. The molecule has 0 spiro atoms. The van der Waals surface area contributed by atoms with Gasteiger partial charge in [-0.3, -0.25) is 0 Å². The second kappa shape index (κ2) is 7.06. The lowest BCUT2D eigenvalue weighted by Gasteiger charge is -2.12. The Labute approximate surface area is 124 Å². The van der Waals surface area contributed by atoms with Crippen LogP contribution in [0.4, 0.5) is 5.69 Å². The number of methoxy groups -OCH3 is 1. The first-order chi connectivity index (χ1) is 9.72. The Bertz CT molecular complexity index is 555. The standard InChI is InChI=1S/C16H18ClNO2/c1-3-20-15-9-8-14(10-16(15)19-2)18-11-12-4-6-13(17)7-5-12/h4-10,18H,3,11H2,1-2H3. The van der Waals surface area contributed by atoms with E-state index >= 15 is 0 Å². The van der Waals surface area contributed by atoms with Crippen molar-refractivity contribution in [2.24, 2.45) is 0 Å². The van der Waals surface area contributed by atoms with E-state index in [1.807, 2.05) is 49.4 Å². The fraction of sp³-hybridized carbons (Fsp3) is 0.250. The molecule has 2 aromatic carbocycles. The predicted octanol–water partition coefficient (Wildman–Crippen LogP) is 4.36. The van der Waals surface area contributed by atoms with Crippen molar-refractivity contribution in [3.8, 4) is 11.5 Å². The zero-order valence-corrected chi connectivity index (χ0v) is 12.4. The van der Waals surface area contributed by atoms with E-state index in [1.165, 1.54) is 5.56 Å². The average Bonchev–Trinajstić information content (AvgIpc) is 2.48. The fourth-order valence-electron chi connectivity index (χ4n) is 1.86. The summed E-state index contributed by atoms with van der Waals surface area (Å²) in [5.41, 5.74) is 2.16. The molecular formula is C16H18ClNO2. The second-order valence-electron chi connectivity index (χ2n) is 4.28. The molecule has 106 valence electrons. The van der Waals surface area contributed by atoms with Crippen LogP contribution in [0.15, 0.2) is 42.5 Å². The van der Waals surface area contributed by atoms with Crippen LogP contribution < -0.4 is 14.8 Å². The third kappa shape index (κ3) is 3.81. The third-order valence-corrected chi connectivity index (χ3v) is 3.13. The summed E-state index contributed by atoms with van der Waals surface area (Å²) in [7, 11) is 1.64. The molecule has 0 saturated carbocycles. The first-order valence-corrected chi connectivity index (χ1v) is 6.90. The van der Waals surface area contributed by atoms with Gasteiger partial charge in [-0.1, -0.05) is 23.7 Å². The number of hydrogen-bond donors (Lipinski definition) is 1. The van der Waals surface area contributed by atoms with Crippen molar-refractivity contribution in [3.05, 3.63) is 53.1 Å². The average molecular weight is 292 g/mol. The SMILES string of the molecule is CCOc1ccc(NCc2ccc(Cl)cc2)cc1OC. The van der Waals surface area contributed by atoms with E-state index in [-0.39, 0.29) is 0 Å². The molecule has 0 radical (unpaired) electrons. The van der Waals surface area contributed by atoms with Gasteiger partial charge in [0.1, 0.15) is 0 Å². The lowest BCUT2D eigenvalue weighted by molar-refractivity contribution is 0.311. The fourth-order valence-corrected chi connectivity index (χ4v) is 1.98. The molecular weight excluding hydrogens is 274 g/mol. The maximum absolute atomic E-state index is 5.86. The van der Waals surface area contributed by atoms with Gasteiger partial charge >= 0.3 is 0 Å². The van der Waals surface area contributed by atoms with Crippen LogP contribution in [0.2, 0.25) is 5.02 Å². The van der Waals surface area contributed by atoms with Crippen LogP contribution >= 0.6 is 11.6 Å². The zero-order chi connectivity index (χ0) is 14.4. The van der Waals surface area contributed by atoms with E-state index < -0.39 is 0 Å². The molecule has 2 aromatic rings. The van der Waals surface area contributed by atoms with E-state index in [2.05, 4.69) is 5.32 Å². The minimum Gasteiger partial charge on any atom is -0.493 e. The minimum atomic E-state index is 0.619. The molecule has 4 heteroatoms. The van der Waals surface area contributed by atoms with Crippen LogP contribution in [0.3, 0.4) is 0 Å². The number of halogens is 1. The van der Waals surface area contributed by atoms with Crippen molar-refractivity contribution in [1.82, 2.24) is 0 Å². The zero-order valence-electron chi connectivity index (χ0n) is 11.7. The summed E-state index contributed by atoms with van der Waals surface area (Å²) in [6.45, 7) is 3.30. The number of hydrogen-bond acceptors (Lipinski definition) is 3. The molecule has 0 unspecified atom stereocenters. The van der Waals surface area contributed by atoms with Gasteiger partial charge in [0.25, 0.3) is 0 Å². The van der Waals surface area contributed by atoms with E-state index in [0.717, 1.165) is 28.8 Å². The molecule has 2 rings (SSSR count). The highest BCUT2D eigenvalue weighted by atomic mass is 35.5. The predicted molar refractivity (Wildman–Crippen MR) is 82.9 cm³/mol. The van der Waals surface area contributed by atoms with Crippen LogP contribution in [-0.2, 0) is 6.54 Å². The van der Waals surface area contributed by atoms with E-state index in [0.29, 0.717) is 6.61 Å². The first-order valence-electron chi connectivity index (χ1n) is 6.52. The Morgan fingerprint density at radius 1 is 1.05 bits per heavy atom. The van der Waals surface area contributed by atoms with Crippen molar-refractivity contribution < 1.29 is 9.47 Å². The van der Waals surface area contributed by atoms with Crippen LogP contribution in [0.1, 0.15) is 12.5 Å². The maximum atomic E-state index is 5.86. The van der Waals surface area contributed by atoms with Crippen LogP contribution in [-0.4, -0.2) is 13.7 Å². The lowest BCUT2D eigenvalue weighted by atomic mass is 10.2. The number of anilines is 1. The van der Waals surface area contributed by atoms with Crippen molar-refractivity contribution >= 4 is 17.3 Å². The topological polar surface area (TPSA) is 30.5 Å². The molecule has 0 bridgehead atoms. The molecule has 0 aliphatic carbocycles. The Balaban J connectivity index is 2.04. The monoisotopic (exact) mass is 291 g/mol. The molecule has 0 heterocycles. The highest BCUT2D eigenvalue weighted by Gasteiger charge is 2.05. The van der Waals surface area contributed by atoms with E-state index in [9.17, 15) is 0 Å². The summed E-state index contributed by atoms with van der Waals surface area (Å²) in [6, 6.07) is 13.6. The normalized spacial score (nSPS) is 10.2. The Hall–Kier alpha value is -1.87. The summed E-state index contributed by atoms with van der Waals surface area (Å²) in [4.78, 5) is 0. The van der Waals surface area contributed by atoms with Gasteiger partial charge in [-0.15, -0.1) is 0 Å². The van der Waals surface area contributed by atoms with Crippen LogP contribution in [0, 0.1) is 0 Å². The van der Waals surface area contributed by atoms with Crippen LogP contribution in [0.5, 0.6) is 11.5 Å². The molecule has 3 nitrogen and oxygen atoms in total. The van der Waals surface area contributed by atoms with Gasteiger partial charge in [0, 0.05) is 23.3 Å². The minimum absolute atomic E-state index is 0.619. The number of benzene rings is 2. The van der Waals surface area contributed by atoms with Gasteiger partial charge in [0.2, 0.25) is 0 Å². The Kier molecular flexibility index (Phi) is 5.13. The molecule has 0 amide bonds. The van der Waals surface area contributed by atoms with Crippen molar-refractivity contribution in [1.29, 1.82) is 0 Å². The van der Waals surface area contributed by atoms with Crippen molar-refractivity contribution in [2.75, 3.05) is 19.0 Å². The van der Waals surface area contributed by atoms with Crippen molar-refractivity contribution in [2.45, 2.75) is 13.5 Å². The molecule has 0 aromatic heterocycles. The smallest absolute Gasteiger partial charge is 0.162 e. The molecule has 0 aliphatic heterocycles. The highest BCUT2D eigenvalue weighted by molar-refractivity contribution is 6.30. The van der Waals surface area contributed by atoms with E-state index in [4.69, 9.17) is 21.1 Å². The van der Waals surface area contributed by atoms with Crippen LogP contribution in [0.25, 0.3) is 0 Å². The quantitative estimate of drug-likeness (QED) is 0.858. The molecule has 0 saturated heterocycles. The van der Waals surface area contributed by atoms with Gasteiger partial charge in [0.15, 0.2) is 11.5 Å². The number of rotatable bonds is 6. The molecule has 1 N–H and O–H groups in total. The van der Waals surface area contributed by atoms with E-state index in [1.54, 1.807) is 7.11 Å². The first kappa shape index (κ1) is 14.5. The maximum Gasteiger partial charge on any atom is 0.162 e. The number of ether oxygens (including phenoxy) is 2.